The number of sulfonamides is 2. The molecule has 87 heavy (non-hydrogen) atoms. The zero-order chi connectivity index (χ0) is 63.3. The summed E-state index contributed by atoms with van der Waals surface area (Å²) in [6.45, 7) is 23.4. The minimum Gasteiger partial charge on any atom is -0.478 e. The number of fused-ring (bicyclic) bond motifs is 2. The Morgan fingerprint density at radius 2 is 1.08 bits per heavy atom. The van der Waals surface area contributed by atoms with Crippen LogP contribution in [0.15, 0.2) is 60.9 Å². The van der Waals surface area contributed by atoms with E-state index in [2.05, 4.69) is 48.2 Å². The van der Waals surface area contributed by atoms with Crippen molar-refractivity contribution in [2.45, 2.75) is 156 Å². The molecule has 10 rings (SSSR count). The van der Waals surface area contributed by atoms with Gasteiger partial charge in [0.2, 0.25) is 20.0 Å². The van der Waals surface area contributed by atoms with Gasteiger partial charge in [-0.15, -0.1) is 10.2 Å². The third-order valence-corrected chi connectivity index (χ3v) is 16.0. The van der Waals surface area contributed by atoms with Crippen molar-refractivity contribution in [2.75, 3.05) is 71.0 Å². The van der Waals surface area contributed by atoms with Gasteiger partial charge in [-0.1, -0.05) is 29.7 Å². The molecule has 6 N–H and O–H groups in total. The number of rotatable bonds is 12. The summed E-state index contributed by atoms with van der Waals surface area (Å²) in [5.41, 5.74) is 6.64. The molecule has 3 amide bonds. The molecule has 4 atom stereocenters. The van der Waals surface area contributed by atoms with Gasteiger partial charge in [-0.05, 0) is 168 Å². The van der Waals surface area contributed by atoms with E-state index in [0.29, 0.717) is 30.3 Å². The molecule has 0 spiro atoms. The number of imidazole rings is 2. The van der Waals surface area contributed by atoms with Crippen molar-refractivity contribution in [2.24, 2.45) is 0 Å². The Bertz CT molecular complexity index is 3740. The lowest BCUT2D eigenvalue weighted by molar-refractivity contribution is 0.0497. The number of aryl methyl sites for hydroxylation is 4. The number of carboxylic acids is 1. The van der Waals surface area contributed by atoms with Gasteiger partial charge in [-0.25, -0.2) is 50.2 Å². The number of ether oxygens (including phenoxy) is 2. The number of benzene rings is 2. The van der Waals surface area contributed by atoms with Crippen LogP contribution in [-0.4, -0.2) is 155 Å². The summed E-state index contributed by atoms with van der Waals surface area (Å²) in [4.78, 5) is 65.0. The van der Waals surface area contributed by atoms with Crippen molar-refractivity contribution in [1.29, 1.82) is 0 Å². The normalized spacial score (nSPS) is 19.1. The summed E-state index contributed by atoms with van der Waals surface area (Å²) >= 11 is 0. The second-order valence-electron chi connectivity index (χ2n) is 25.1. The number of alkyl carbamates (subject to hydrolysis) is 2. The van der Waals surface area contributed by atoms with E-state index >= 15 is 0 Å². The minimum absolute atomic E-state index is 0.0457. The van der Waals surface area contributed by atoms with Gasteiger partial charge in [0.1, 0.15) is 11.2 Å². The lowest BCUT2D eigenvalue weighted by atomic mass is 9.98. The molecule has 0 bridgehead atoms. The first-order valence-corrected chi connectivity index (χ1v) is 33.2. The number of carbonyl (C=O) groups excluding carboxylic acids is 3. The number of piperidine rings is 2. The average molecular weight is 1240 g/mol. The van der Waals surface area contributed by atoms with Gasteiger partial charge < -0.3 is 45.2 Å². The predicted molar refractivity (Wildman–Crippen MR) is 334 cm³/mol. The Morgan fingerprint density at radius 3 is 1.55 bits per heavy atom. The first-order valence-electron chi connectivity index (χ1n) is 29.4. The van der Waals surface area contributed by atoms with Gasteiger partial charge in [0.25, 0.3) is 5.91 Å². The molecule has 0 unspecified atom stereocenters. The van der Waals surface area contributed by atoms with Crippen LogP contribution in [0.1, 0.15) is 159 Å². The maximum Gasteiger partial charge on any atom is 0.407 e. The zero-order valence-corrected chi connectivity index (χ0v) is 53.5. The number of aromatic nitrogens is 6. The molecule has 0 radical (unpaired) electrons. The van der Waals surface area contributed by atoms with Crippen LogP contribution in [0.3, 0.4) is 0 Å². The number of carbonyl (C=O) groups is 4. The quantitative estimate of drug-likeness (QED) is 0.0672. The van der Waals surface area contributed by atoms with E-state index in [1.807, 2.05) is 78.4 Å². The number of anilines is 4. The maximum atomic E-state index is 13.9. The number of amides is 3. The van der Waals surface area contributed by atoms with Gasteiger partial charge in [0.15, 0.2) is 22.9 Å². The molecule has 4 aliphatic rings. The monoisotopic (exact) mass is 1240 g/mol. The highest BCUT2D eigenvalue weighted by atomic mass is 32.2. The second-order valence-corrected chi connectivity index (χ2v) is 28.6. The van der Waals surface area contributed by atoms with Crippen LogP contribution in [0.5, 0.6) is 0 Å². The fourth-order valence-corrected chi connectivity index (χ4v) is 12.2. The number of likely N-dealkylation sites (tertiary alicyclic amines) is 1. The summed E-state index contributed by atoms with van der Waals surface area (Å²) in [6, 6.07) is 13.8. The van der Waals surface area contributed by atoms with E-state index < -0.39 is 43.3 Å². The van der Waals surface area contributed by atoms with Crippen molar-refractivity contribution < 1.29 is 50.6 Å². The van der Waals surface area contributed by atoms with Crippen molar-refractivity contribution >= 4 is 78.4 Å². The number of nitrogens with zero attached hydrogens (tertiary/aromatic N) is 9. The molecule has 4 aromatic heterocycles. The highest BCUT2D eigenvalue weighted by Crippen LogP contribution is 2.35. The lowest BCUT2D eigenvalue weighted by Crippen LogP contribution is -2.40. The summed E-state index contributed by atoms with van der Waals surface area (Å²) in [5, 5.41) is 28.1. The third kappa shape index (κ3) is 17.9. The van der Waals surface area contributed by atoms with Crippen LogP contribution in [0, 0.1) is 27.7 Å². The molecule has 472 valence electrons. The lowest BCUT2D eigenvalue weighted by Gasteiger charge is -2.35. The molecule has 8 heterocycles. The third-order valence-electron chi connectivity index (χ3n) is 14.9. The van der Waals surface area contributed by atoms with E-state index in [0.717, 1.165) is 128 Å². The molecule has 0 aliphatic carbocycles. The smallest absolute Gasteiger partial charge is 0.407 e. The SMILES string of the molecule is Cc1cc2nc([C@@H]3CCCCN3)cn2nc1N1CC[C@H](NC(=O)OC(C)(C)C)C1.Cc1ccc(NS(C)(=O)=O)c(C(=O)N2CCCC[C@H]2c2cn3nc(N4CC[C@H](NC(=O)OC(C)(C)C)C4)c(C)cc3n2)c1.Cc1ccc(NS(C)(=O)=O)c(C(=O)O)c1. The van der Waals surface area contributed by atoms with E-state index in [1.165, 1.54) is 25.0 Å². The van der Waals surface area contributed by atoms with Gasteiger partial charge >= 0.3 is 18.2 Å². The van der Waals surface area contributed by atoms with Crippen molar-refractivity contribution in [1.82, 2.24) is 50.0 Å². The highest BCUT2D eigenvalue weighted by Gasteiger charge is 2.34. The number of hydrogen-bond donors (Lipinski definition) is 6. The Hall–Kier alpha value is -7.78. The van der Waals surface area contributed by atoms with Crippen molar-refractivity contribution in [3.05, 3.63) is 106 Å². The fourth-order valence-electron chi connectivity index (χ4n) is 11.1. The Morgan fingerprint density at radius 1 is 0.609 bits per heavy atom. The van der Waals surface area contributed by atoms with Gasteiger partial charge in [-0.3, -0.25) is 14.2 Å². The van der Waals surface area contributed by atoms with E-state index in [4.69, 9.17) is 34.7 Å². The molecule has 4 fully saturated rings. The predicted octanol–water partition coefficient (Wildman–Crippen LogP) is 8.21. The molecule has 27 heteroatoms. The second kappa shape index (κ2) is 26.7. The summed E-state index contributed by atoms with van der Waals surface area (Å²) < 4.78 is 65.0. The standard InChI is InChI=1S/C30H41N7O5S.C21H32N6O2.C9H11NO4S/c1-19-10-11-23(34-43(6,40)41)22(15-19)28(38)36-13-8-7-9-25(36)24-18-37-26(32-24)16-20(2)27(33-37)35-14-12-21(17-35)31-29(39)42-30(3,4)5;1-14-11-18-24-17(16-7-5-6-9-22-16)13-27(18)25-19(14)26-10-8-15(12-26)23-20(28)29-21(2,3)4;1-6-3-4-8(10-15(2,13)14)7(5-6)9(11)12/h10-11,15-16,18,21,25,34H,7-9,12-14,17H2,1-6H3,(H,31,39);11,13,15-16,22H,5-10,12H2,1-4H3,(H,23,28);3-5,10H,1-2H3,(H,11,12)/t21-,25-;15-,16-;/m00./s1. The first kappa shape index (κ1) is 65.2. The summed E-state index contributed by atoms with van der Waals surface area (Å²) in [5.74, 6) is 0.371. The topological polar surface area (TPSA) is 306 Å². The van der Waals surface area contributed by atoms with Gasteiger partial charge in [0.05, 0.1) is 83.0 Å². The largest absolute Gasteiger partial charge is 0.478 e. The fraction of sp³-hybridized carbons (Fsp3) is 0.533. The van der Waals surface area contributed by atoms with E-state index in [1.54, 1.807) is 40.6 Å². The Labute approximate surface area is 509 Å². The zero-order valence-electron chi connectivity index (χ0n) is 51.9. The molecule has 4 saturated heterocycles. The first-order chi connectivity index (χ1) is 40.7. The molecular formula is C60H84N14O11S2. The van der Waals surface area contributed by atoms with Crippen LogP contribution >= 0.6 is 0 Å². The molecule has 2 aromatic carbocycles. The number of aromatic carboxylic acids is 1. The van der Waals surface area contributed by atoms with Crippen molar-refractivity contribution in [3.8, 4) is 0 Å². The molecule has 0 saturated carbocycles. The Kier molecular flexibility index (Phi) is 20.0. The minimum atomic E-state index is -3.57. The molecular weight excluding hydrogens is 1160 g/mol. The highest BCUT2D eigenvalue weighted by molar-refractivity contribution is 7.92. The Balaban J connectivity index is 0.000000191. The van der Waals surface area contributed by atoms with Gasteiger partial charge in [-0.2, -0.15) is 0 Å². The van der Waals surface area contributed by atoms with Crippen molar-refractivity contribution in [3.63, 3.8) is 0 Å². The van der Waals surface area contributed by atoms with Crippen LogP contribution in [0.25, 0.3) is 11.3 Å². The molecule has 6 aromatic rings. The van der Waals surface area contributed by atoms with Crippen LogP contribution in [0.2, 0.25) is 0 Å². The number of nitrogens with one attached hydrogen (secondary N) is 5. The summed E-state index contributed by atoms with van der Waals surface area (Å²) in [6.07, 6.45) is 13.0. The van der Waals surface area contributed by atoms with Crippen LogP contribution < -0.4 is 35.2 Å². The van der Waals surface area contributed by atoms with E-state index in [9.17, 15) is 36.0 Å². The average Bonchev–Trinajstić information content (AvgIpc) is 1.88. The van der Waals surface area contributed by atoms with Crippen LogP contribution in [0.4, 0.5) is 32.6 Å². The van der Waals surface area contributed by atoms with Crippen LogP contribution in [-0.2, 0) is 29.5 Å². The molecule has 4 aliphatic heterocycles. The number of carboxylic acid groups (broad SMARTS) is 1. The number of hydrogen-bond acceptors (Lipinski definition) is 17. The maximum absolute atomic E-state index is 13.9. The van der Waals surface area contributed by atoms with E-state index in [-0.39, 0.29) is 47.1 Å². The summed E-state index contributed by atoms with van der Waals surface area (Å²) in [7, 11) is -7.03. The van der Waals surface area contributed by atoms with Gasteiger partial charge in [0, 0.05) is 32.7 Å². The molecule has 25 nitrogen and oxygen atoms in total.